The molecule has 0 spiro atoms. The van der Waals surface area contributed by atoms with Crippen molar-refractivity contribution < 1.29 is 9.90 Å². The van der Waals surface area contributed by atoms with Crippen LogP contribution in [0.4, 0.5) is 0 Å². The maximum Gasteiger partial charge on any atom is 0.313 e. The van der Waals surface area contributed by atoms with Crippen LogP contribution in [0.3, 0.4) is 0 Å². The first-order chi connectivity index (χ1) is 8.18. The molecule has 5 nitrogen and oxygen atoms in total. The zero-order chi connectivity index (χ0) is 12.3. The molecule has 94 valence electrons. The number of rotatable bonds is 4. The summed E-state index contributed by atoms with van der Waals surface area (Å²) in [5.74, 6) is -0.225. The van der Waals surface area contributed by atoms with Crippen LogP contribution in [0.1, 0.15) is 50.8 Å². The van der Waals surface area contributed by atoms with Crippen LogP contribution in [0.5, 0.6) is 0 Å². The second-order valence-electron chi connectivity index (χ2n) is 4.86. The highest BCUT2D eigenvalue weighted by molar-refractivity contribution is 5.74. The summed E-state index contributed by atoms with van der Waals surface area (Å²) >= 11 is 0. The van der Waals surface area contributed by atoms with Crippen LogP contribution >= 0.6 is 0 Å². The van der Waals surface area contributed by atoms with Gasteiger partial charge in [0.15, 0.2) is 0 Å². The minimum atomic E-state index is -0.845. The summed E-state index contributed by atoms with van der Waals surface area (Å²) in [6.45, 7) is 2.47. The summed E-state index contributed by atoms with van der Waals surface area (Å²) in [4.78, 5) is 15.0. The van der Waals surface area contributed by atoms with Gasteiger partial charge in [-0.1, -0.05) is 19.3 Å². The average Bonchev–Trinajstić information content (AvgIpc) is 2.77. The van der Waals surface area contributed by atoms with E-state index in [0.717, 1.165) is 6.54 Å². The SMILES string of the molecule is CC(C(=O)O)c1ncnn1CC1CCCCC1. The summed E-state index contributed by atoms with van der Waals surface area (Å²) in [6.07, 6.45) is 7.79. The van der Waals surface area contributed by atoms with E-state index < -0.39 is 11.9 Å². The van der Waals surface area contributed by atoms with Crippen molar-refractivity contribution in [2.45, 2.75) is 51.5 Å². The summed E-state index contributed by atoms with van der Waals surface area (Å²) in [5.41, 5.74) is 0. The van der Waals surface area contributed by atoms with Crippen molar-refractivity contribution in [2.24, 2.45) is 5.92 Å². The second kappa shape index (κ2) is 5.29. The molecule has 0 amide bonds. The summed E-state index contributed by atoms with van der Waals surface area (Å²) < 4.78 is 1.77. The maximum atomic E-state index is 11.0. The Labute approximate surface area is 101 Å². The van der Waals surface area contributed by atoms with E-state index >= 15 is 0 Å². The van der Waals surface area contributed by atoms with Crippen molar-refractivity contribution in [1.29, 1.82) is 0 Å². The number of aliphatic carboxylic acids is 1. The van der Waals surface area contributed by atoms with Gasteiger partial charge in [-0.25, -0.2) is 9.67 Å². The van der Waals surface area contributed by atoms with Gasteiger partial charge in [0.05, 0.1) is 0 Å². The third-order valence-corrected chi connectivity index (χ3v) is 3.56. The molecule has 17 heavy (non-hydrogen) atoms. The highest BCUT2D eigenvalue weighted by atomic mass is 16.4. The lowest BCUT2D eigenvalue weighted by Gasteiger charge is -2.22. The van der Waals surface area contributed by atoms with Gasteiger partial charge in [0.1, 0.15) is 18.1 Å². The third-order valence-electron chi connectivity index (χ3n) is 3.56. The normalized spacial score (nSPS) is 19.1. The molecule has 1 aliphatic rings. The lowest BCUT2D eigenvalue weighted by atomic mass is 9.89. The van der Waals surface area contributed by atoms with Gasteiger partial charge in [0, 0.05) is 6.54 Å². The molecule has 0 saturated heterocycles. The average molecular weight is 237 g/mol. The van der Waals surface area contributed by atoms with E-state index in [-0.39, 0.29) is 0 Å². The molecule has 1 atom stereocenters. The fourth-order valence-corrected chi connectivity index (χ4v) is 2.47. The van der Waals surface area contributed by atoms with Crippen LogP contribution in [-0.2, 0) is 11.3 Å². The standard InChI is InChI=1S/C12H19N3O2/c1-9(12(16)17)11-13-8-14-15(11)7-10-5-3-2-4-6-10/h8-10H,2-7H2,1H3,(H,16,17). The Morgan fingerprint density at radius 2 is 2.24 bits per heavy atom. The number of carboxylic acid groups (broad SMARTS) is 1. The molecular formula is C12H19N3O2. The van der Waals surface area contributed by atoms with E-state index in [1.165, 1.54) is 38.4 Å². The summed E-state index contributed by atoms with van der Waals surface area (Å²) in [7, 11) is 0. The van der Waals surface area contributed by atoms with Crippen molar-refractivity contribution in [3.63, 3.8) is 0 Å². The minimum absolute atomic E-state index is 0.572. The van der Waals surface area contributed by atoms with E-state index in [4.69, 9.17) is 5.11 Å². The highest BCUT2D eigenvalue weighted by Crippen LogP contribution is 2.25. The fraction of sp³-hybridized carbons (Fsp3) is 0.750. The molecular weight excluding hydrogens is 218 g/mol. The predicted octanol–water partition coefficient (Wildman–Crippen LogP) is 2.05. The molecule has 0 aromatic carbocycles. The van der Waals surface area contributed by atoms with Crippen LogP contribution < -0.4 is 0 Å². The molecule has 1 aromatic heterocycles. The Morgan fingerprint density at radius 3 is 2.88 bits per heavy atom. The molecule has 1 saturated carbocycles. The second-order valence-corrected chi connectivity index (χ2v) is 4.86. The molecule has 0 bridgehead atoms. The van der Waals surface area contributed by atoms with E-state index in [1.807, 2.05) is 0 Å². The number of hydrogen-bond donors (Lipinski definition) is 1. The van der Waals surface area contributed by atoms with Crippen molar-refractivity contribution in [2.75, 3.05) is 0 Å². The topological polar surface area (TPSA) is 68.0 Å². The number of hydrogen-bond acceptors (Lipinski definition) is 3. The molecule has 1 aliphatic carbocycles. The van der Waals surface area contributed by atoms with E-state index in [9.17, 15) is 4.79 Å². The smallest absolute Gasteiger partial charge is 0.313 e. The van der Waals surface area contributed by atoms with Crippen molar-refractivity contribution in [1.82, 2.24) is 14.8 Å². The van der Waals surface area contributed by atoms with Gasteiger partial charge in [-0.2, -0.15) is 5.10 Å². The number of nitrogens with zero attached hydrogens (tertiary/aromatic N) is 3. The van der Waals surface area contributed by atoms with Gasteiger partial charge in [-0.3, -0.25) is 4.79 Å². The van der Waals surface area contributed by atoms with Crippen LogP contribution in [0.2, 0.25) is 0 Å². The van der Waals surface area contributed by atoms with Gasteiger partial charge >= 0.3 is 5.97 Å². The Kier molecular flexibility index (Phi) is 3.76. The number of aromatic nitrogens is 3. The first kappa shape index (κ1) is 12.1. The van der Waals surface area contributed by atoms with E-state index in [2.05, 4.69) is 10.1 Å². The molecule has 0 radical (unpaired) electrons. The maximum absolute atomic E-state index is 11.0. The summed E-state index contributed by atoms with van der Waals surface area (Å²) in [6, 6.07) is 0. The molecule has 1 fully saturated rings. The van der Waals surface area contributed by atoms with Gasteiger partial charge < -0.3 is 5.11 Å². The van der Waals surface area contributed by atoms with Crippen LogP contribution in [0, 0.1) is 5.92 Å². The zero-order valence-electron chi connectivity index (χ0n) is 10.2. The number of carbonyl (C=O) groups is 1. The first-order valence-corrected chi connectivity index (χ1v) is 6.29. The van der Waals surface area contributed by atoms with Gasteiger partial charge in [-0.05, 0) is 25.7 Å². The summed E-state index contributed by atoms with van der Waals surface area (Å²) in [5, 5.41) is 13.2. The Hall–Kier alpha value is -1.39. The molecule has 1 N–H and O–H groups in total. The van der Waals surface area contributed by atoms with Crippen molar-refractivity contribution >= 4 is 5.97 Å². The third kappa shape index (κ3) is 2.84. The van der Waals surface area contributed by atoms with E-state index in [0.29, 0.717) is 11.7 Å². The Balaban J connectivity index is 2.05. The van der Waals surface area contributed by atoms with Crippen LogP contribution in [0.25, 0.3) is 0 Å². The molecule has 1 aromatic rings. The lowest BCUT2D eigenvalue weighted by Crippen LogP contribution is -2.20. The lowest BCUT2D eigenvalue weighted by molar-refractivity contribution is -0.138. The first-order valence-electron chi connectivity index (χ1n) is 6.29. The van der Waals surface area contributed by atoms with Gasteiger partial charge in [-0.15, -0.1) is 0 Å². The van der Waals surface area contributed by atoms with Gasteiger partial charge in [0.2, 0.25) is 0 Å². The Morgan fingerprint density at radius 1 is 1.53 bits per heavy atom. The van der Waals surface area contributed by atoms with Crippen LogP contribution in [0.15, 0.2) is 6.33 Å². The number of carboxylic acids is 1. The fourth-order valence-electron chi connectivity index (χ4n) is 2.47. The van der Waals surface area contributed by atoms with Crippen molar-refractivity contribution in [3.05, 3.63) is 12.2 Å². The molecule has 1 unspecified atom stereocenters. The predicted molar refractivity (Wildman–Crippen MR) is 62.6 cm³/mol. The molecule has 1 heterocycles. The molecule has 2 rings (SSSR count). The van der Waals surface area contributed by atoms with Crippen molar-refractivity contribution in [3.8, 4) is 0 Å². The quantitative estimate of drug-likeness (QED) is 0.870. The monoisotopic (exact) mass is 237 g/mol. The minimum Gasteiger partial charge on any atom is -0.481 e. The molecule has 0 aliphatic heterocycles. The largest absolute Gasteiger partial charge is 0.481 e. The highest BCUT2D eigenvalue weighted by Gasteiger charge is 2.22. The van der Waals surface area contributed by atoms with Crippen LogP contribution in [-0.4, -0.2) is 25.8 Å². The zero-order valence-corrected chi connectivity index (χ0v) is 10.2. The Bertz CT molecular complexity index is 383. The van der Waals surface area contributed by atoms with Gasteiger partial charge in [0.25, 0.3) is 0 Å². The molecule has 5 heteroatoms. The van der Waals surface area contributed by atoms with E-state index in [1.54, 1.807) is 11.6 Å².